The van der Waals surface area contributed by atoms with Gasteiger partial charge in [0.15, 0.2) is 5.78 Å². The van der Waals surface area contributed by atoms with E-state index in [0.29, 0.717) is 12.8 Å². The van der Waals surface area contributed by atoms with Crippen LogP contribution in [-0.2, 0) is 24.4 Å². The Labute approximate surface area is 182 Å². The largest absolute Gasteiger partial charge is 0.345 e. The predicted molar refractivity (Wildman–Crippen MR) is 113 cm³/mol. The fourth-order valence-electron chi connectivity index (χ4n) is 3.50. The van der Waals surface area contributed by atoms with Gasteiger partial charge in [0.2, 0.25) is 21.8 Å². The zero-order valence-corrected chi connectivity index (χ0v) is 18.7. The minimum Gasteiger partial charge on any atom is -0.345 e. The van der Waals surface area contributed by atoms with Crippen molar-refractivity contribution < 1.29 is 22.8 Å². The first kappa shape index (κ1) is 24.5. The van der Waals surface area contributed by atoms with Crippen LogP contribution in [0.3, 0.4) is 0 Å². The van der Waals surface area contributed by atoms with Gasteiger partial charge in [0.05, 0.1) is 23.0 Å². The maximum atomic E-state index is 13.0. The molecule has 1 saturated heterocycles. The number of carbonyl (C=O) groups is 3. The number of nitriles is 1. The first-order valence-electron chi connectivity index (χ1n) is 10.2. The summed E-state index contributed by atoms with van der Waals surface area (Å²) in [6.45, 7) is 4.85. The van der Waals surface area contributed by atoms with Gasteiger partial charge in [0.25, 0.3) is 0 Å². The minimum absolute atomic E-state index is 0.0101. The second-order valence-corrected chi connectivity index (χ2v) is 9.91. The van der Waals surface area contributed by atoms with Crippen LogP contribution in [-0.4, -0.2) is 55.5 Å². The number of ketones is 1. The Morgan fingerprint density at radius 3 is 2.58 bits per heavy atom. The van der Waals surface area contributed by atoms with Crippen LogP contribution in [0.15, 0.2) is 29.2 Å². The molecule has 1 aromatic rings. The highest BCUT2D eigenvalue weighted by Gasteiger charge is 2.35. The number of hydrogen-bond acceptors (Lipinski definition) is 6. The minimum atomic E-state index is -4.04. The van der Waals surface area contributed by atoms with Crippen LogP contribution in [0, 0.1) is 17.2 Å². The Balaban J connectivity index is 2.16. The van der Waals surface area contributed by atoms with Crippen molar-refractivity contribution in [3.8, 4) is 6.07 Å². The van der Waals surface area contributed by atoms with Crippen molar-refractivity contribution in [2.75, 3.05) is 13.1 Å². The summed E-state index contributed by atoms with van der Waals surface area (Å²) in [6.07, 6.45) is 1.06. The molecule has 9 nitrogen and oxygen atoms in total. The molecular formula is C21H28N4O5S. The lowest BCUT2D eigenvalue weighted by Crippen LogP contribution is -2.52. The molecule has 0 radical (unpaired) electrons. The Morgan fingerprint density at radius 2 is 1.97 bits per heavy atom. The predicted octanol–water partition coefficient (Wildman–Crippen LogP) is 0.947. The fraction of sp³-hybridized carbons (Fsp3) is 0.524. The Morgan fingerprint density at radius 1 is 1.29 bits per heavy atom. The number of hydrogen-bond donors (Lipinski definition) is 2. The monoisotopic (exact) mass is 448 g/mol. The van der Waals surface area contributed by atoms with Gasteiger partial charge in [-0.05, 0) is 37.3 Å². The summed E-state index contributed by atoms with van der Waals surface area (Å²) in [5.74, 6) is -1.10. The quantitative estimate of drug-likeness (QED) is 0.637. The van der Waals surface area contributed by atoms with E-state index in [9.17, 15) is 28.1 Å². The molecule has 2 N–H and O–H groups in total. The van der Waals surface area contributed by atoms with E-state index in [1.54, 1.807) is 6.07 Å². The normalized spacial score (nSPS) is 18.7. The fourth-order valence-corrected chi connectivity index (χ4v) is 5.08. The van der Waals surface area contributed by atoms with Crippen molar-refractivity contribution in [2.45, 2.75) is 57.0 Å². The van der Waals surface area contributed by atoms with E-state index >= 15 is 0 Å². The second-order valence-electron chi connectivity index (χ2n) is 8.00. The Bertz CT molecular complexity index is 984. The van der Waals surface area contributed by atoms with E-state index in [0.717, 1.165) is 4.31 Å². The first-order chi connectivity index (χ1) is 14.6. The van der Waals surface area contributed by atoms with Crippen molar-refractivity contribution in [2.24, 2.45) is 5.92 Å². The average molecular weight is 449 g/mol. The van der Waals surface area contributed by atoms with Crippen LogP contribution >= 0.6 is 0 Å². The maximum absolute atomic E-state index is 13.0. The zero-order chi connectivity index (χ0) is 23.2. The van der Waals surface area contributed by atoms with Gasteiger partial charge in [0.1, 0.15) is 12.1 Å². The molecule has 0 bridgehead atoms. The van der Waals surface area contributed by atoms with Gasteiger partial charge in [-0.1, -0.05) is 26.0 Å². The van der Waals surface area contributed by atoms with Gasteiger partial charge >= 0.3 is 0 Å². The van der Waals surface area contributed by atoms with Crippen molar-refractivity contribution in [1.29, 1.82) is 5.26 Å². The third-order valence-corrected chi connectivity index (χ3v) is 6.87. The molecule has 1 aliphatic rings. The molecule has 1 unspecified atom stereocenters. The van der Waals surface area contributed by atoms with Crippen molar-refractivity contribution in [3.05, 3.63) is 29.8 Å². The summed E-state index contributed by atoms with van der Waals surface area (Å²) in [7, 11) is -4.04. The summed E-state index contributed by atoms with van der Waals surface area (Å²) in [5.41, 5.74) is 0.0101. The summed E-state index contributed by atoms with van der Waals surface area (Å²) in [5, 5.41) is 14.5. The molecule has 31 heavy (non-hydrogen) atoms. The van der Waals surface area contributed by atoms with E-state index in [-0.39, 0.29) is 35.2 Å². The van der Waals surface area contributed by atoms with E-state index < -0.39 is 40.3 Å². The number of Topliss-reactive ketones (excluding diaryl/α,β-unsaturated/α-hetero) is 1. The number of nitrogens with zero attached hydrogens (tertiary/aromatic N) is 2. The highest BCUT2D eigenvalue weighted by Crippen LogP contribution is 2.22. The van der Waals surface area contributed by atoms with Gasteiger partial charge in [-0.3, -0.25) is 14.4 Å². The third-order valence-electron chi connectivity index (χ3n) is 4.96. The molecule has 2 amide bonds. The van der Waals surface area contributed by atoms with Crippen LogP contribution in [0.25, 0.3) is 0 Å². The van der Waals surface area contributed by atoms with Crippen LogP contribution in [0.5, 0.6) is 0 Å². The Kier molecular flexibility index (Phi) is 8.30. The average Bonchev–Trinajstić information content (AvgIpc) is 2.88. The van der Waals surface area contributed by atoms with E-state index in [4.69, 9.17) is 0 Å². The lowest BCUT2D eigenvalue weighted by atomic mass is 10.0. The maximum Gasteiger partial charge on any atom is 0.244 e. The van der Waals surface area contributed by atoms with Crippen molar-refractivity contribution in [3.63, 3.8) is 0 Å². The smallest absolute Gasteiger partial charge is 0.244 e. The third kappa shape index (κ3) is 6.35. The highest BCUT2D eigenvalue weighted by molar-refractivity contribution is 7.89. The SMILES string of the molecule is CC(=O)N[C@@H](CC(C)C)C(=O)NC1CCCN(S(=O)(=O)c2ccccc2C#N)CC1=O. The summed E-state index contributed by atoms with van der Waals surface area (Å²) in [6, 6.07) is 6.09. The molecule has 0 aromatic heterocycles. The zero-order valence-electron chi connectivity index (χ0n) is 17.9. The summed E-state index contributed by atoms with van der Waals surface area (Å²) in [4.78, 5) is 36.8. The molecule has 2 atom stereocenters. The molecule has 0 aliphatic carbocycles. The van der Waals surface area contributed by atoms with Crippen molar-refractivity contribution in [1.82, 2.24) is 14.9 Å². The molecule has 1 aliphatic heterocycles. The van der Waals surface area contributed by atoms with Gasteiger partial charge in [-0.25, -0.2) is 8.42 Å². The number of benzene rings is 1. The van der Waals surface area contributed by atoms with Gasteiger partial charge in [0, 0.05) is 13.5 Å². The molecule has 0 spiro atoms. The van der Waals surface area contributed by atoms with E-state index in [1.165, 1.54) is 25.1 Å². The molecule has 1 heterocycles. The molecule has 10 heteroatoms. The highest BCUT2D eigenvalue weighted by atomic mass is 32.2. The first-order valence-corrected chi connectivity index (χ1v) is 11.6. The lowest BCUT2D eigenvalue weighted by Gasteiger charge is -2.23. The number of sulfonamides is 1. The number of nitrogens with one attached hydrogen (secondary N) is 2. The summed E-state index contributed by atoms with van der Waals surface area (Å²) >= 11 is 0. The molecule has 1 fully saturated rings. The van der Waals surface area contributed by atoms with Crippen LogP contribution in [0.2, 0.25) is 0 Å². The lowest BCUT2D eigenvalue weighted by molar-refractivity contribution is -0.131. The van der Waals surface area contributed by atoms with Crippen LogP contribution in [0.4, 0.5) is 0 Å². The van der Waals surface area contributed by atoms with Gasteiger partial charge in [-0.2, -0.15) is 9.57 Å². The molecule has 2 rings (SSSR count). The van der Waals surface area contributed by atoms with Crippen molar-refractivity contribution >= 4 is 27.6 Å². The number of amides is 2. The van der Waals surface area contributed by atoms with Crippen LogP contribution in [0.1, 0.15) is 45.6 Å². The van der Waals surface area contributed by atoms with Crippen LogP contribution < -0.4 is 10.6 Å². The van der Waals surface area contributed by atoms with Gasteiger partial charge < -0.3 is 10.6 Å². The second kappa shape index (κ2) is 10.5. The number of rotatable bonds is 7. The molecule has 168 valence electrons. The molecule has 1 aromatic carbocycles. The van der Waals surface area contributed by atoms with E-state index in [2.05, 4.69) is 10.6 Å². The molecular weight excluding hydrogens is 420 g/mol. The summed E-state index contributed by atoms with van der Waals surface area (Å²) < 4.78 is 27.1. The number of carbonyl (C=O) groups excluding carboxylic acids is 3. The molecule has 0 saturated carbocycles. The van der Waals surface area contributed by atoms with Gasteiger partial charge in [-0.15, -0.1) is 0 Å². The van der Waals surface area contributed by atoms with E-state index in [1.807, 2.05) is 19.9 Å². The topological polar surface area (TPSA) is 136 Å². The standard InChI is InChI=1S/C21H28N4O5S/c1-14(2)11-18(23-15(3)26)21(28)24-17-8-6-10-25(13-19(17)27)31(29,30)20-9-5-4-7-16(20)12-22/h4-5,7,9,14,17-18H,6,8,10-11,13H2,1-3H3,(H,23,26)(H,24,28)/t17?,18-/m0/s1. The Hall–Kier alpha value is -2.77.